The lowest BCUT2D eigenvalue weighted by Crippen LogP contribution is -2.19. The molecule has 2 aromatic rings. The maximum atomic E-state index is 5.31. The van der Waals surface area contributed by atoms with E-state index in [4.69, 9.17) is 4.42 Å². The number of rotatable bonds is 7. The second-order valence-corrected chi connectivity index (χ2v) is 5.95. The van der Waals surface area contributed by atoms with Crippen LogP contribution in [0.25, 0.3) is 0 Å². The van der Waals surface area contributed by atoms with Crippen LogP contribution in [0, 0.1) is 5.92 Å². The first-order chi connectivity index (χ1) is 9.65. The zero-order valence-electron chi connectivity index (χ0n) is 12.7. The molecule has 2 rings (SSSR count). The van der Waals surface area contributed by atoms with Crippen molar-refractivity contribution in [2.45, 2.75) is 39.7 Å². The smallest absolute Gasteiger partial charge is 0.117 e. The Balaban J connectivity index is 1.81. The van der Waals surface area contributed by atoms with Crippen LogP contribution in [0.5, 0.6) is 0 Å². The molecule has 0 radical (unpaired) electrons. The first-order valence-electron chi connectivity index (χ1n) is 7.47. The molecule has 1 aromatic carbocycles. The molecule has 0 saturated carbocycles. The molecular weight excluding hydrogens is 246 g/mol. The van der Waals surface area contributed by atoms with Crippen molar-refractivity contribution in [3.8, 4) is 0 Å². The Kier molecular flexibility index (Phi) is 5.42. The van der Waals surface area contributed by atoms with E-state index in [2.05, 4.69) is 50.4 Å². The average Bonchev–Trinajstić information content (AvgIpc) is 2.92. The topological polar surface area (TPSA) is 25.2 Å². The standard InChI is InChI=1S/C18H25NO/c1-14(2)11-16-6-8-17(9-7-16)15(3)12-19-13-18-5-4-10-20-18/h4-10,14-15,19H,11-13H2,1-3H3. The van der Waals surface area contributed by atoms with Crippen LogP contribution in [-0.2, 0) is 13.0 Å². The van der Waals surface area contributed by atoms with E-state index >= 15 is 0 Å². The molecule has 2 nitrogen and oxygen atoms in total. The monoisotopic (exact) mass is 271 g/mol. The molecule has 0 aliphatic carbocycles. The van der Waals surface area contributed by atoms with Crippen LogP contribution in [0.15, 0.2) is 47.1 Å². The molecule has 1 unspecified atom stereocenters. The van der Waals surface area contributed by atoms with Crippen molar-refractivity contribution in [1.82, 2.24) is 5.32 Å². The van der Waals surface area contributed by atoms with E-state index in [1.165, 1.54) is 11.1 Å². The molecule has 1 N–H and O–H groups in total. The van der Waals surface area contributed by atoms with Crippen molar-refractivity contribution in [2.24, 2.45) is 5.92 Å². The molecule has 20 heavy (non-hydrogen) atoms. The van der Waals surface area contributed by atoms with Gasteiger partial charge in [-0.3, -0.25) is 0 Å². The summed E-state index contributed by atoms with van der Waals surface area (Å²) in [6.07, 6.45) is 2.87. The Morgan fingerprint density at radius 1 is 1.05 bits per heavy atom. The lowest BCUT2D eigenvalue weighted by atomic mass is 9.97. The van der Waals surface area contributed by atoms with Crippen molar-refractivity contribution in [1.29, 1.82) is 0 Å². The van der Waals surface area contributed by atoms with Gasteiger partial charge in [0.15, 0.2) is 0 Å². The number of benzene rings is 1. The molecule has 0 fully saturated rings. The molecule has 2 heteroatoms. The molecule has 0 saturated heterocycles. The van der Waals surface area contributed by atoms with E-state index in [1.807, 2.05) is 12.1 Å². The molecular formula is C18H25NO. The zero-order chi connectivity index (χ0) is 14.4. The second kappa shape index (κ2) is 7.30. The maximum absolute atomic E-state index is 5.31. The van der Waals surface area contributed by atoms with E-state index in [0.717, 1.165) is 25.3 Å². The average molecular weight is 271 g/mol. The molecule has 1 heterocycles. The van der Waals surface area contributed by atoms with Crippen LogP contribution in [0.3, 0.4) is 0 Å². The Morgan fingerprint density at radius 2 is 1.80 bits per heavy atom. The summed E-state index contributed by atoms with van der Waals surface area (Å²) in [5.41, 5.74) is 2.82. The minimum atomic E-state index is 0.512. The van der Waals surface area contributed by atoms with Gasteiger partial charge in [-0.05, 0) is 41.5 Å². The van der Waals surface area contributed by atoms with Crippen LogP contribution in [0.1, 0.15) is 43.6 Å². The lowest BCUT2D eigenvalue weighted by Gasteiger charge is -2.13. The number of nitrogens with one attached hydrogen (secondary N) is 1. The summed E-state index contributed by atoms with van der Waals surface area (Å²) in [5, 5.41) is 3.44. The van der Waals surface area contributed by atoms with E-state index in [1.54, 1.807) is 6.26 Å². The first kappa shape index (κ1) is 14.9. The molecule has 1 aromatic heterocycles. The van der Waals surface area contributed by atoms with Crippen molar-refractivity contribution >= 4 is 0 Å². The number of hydrogen-bond donors (Lipinski definition) is 1. The minimum absolute atomic E-state index is 0.512. The fourth-order valence-electron chi connectivity index (χ4n) is 2.40. The van der Waals surface area contributed by atoms with Crippen molar-refractivity contribution in [2.75, 3.05) is 6.54 Å². The fraction of sp³-hybridized carbons (Fsp3) is 0.444. The highest BCUT2D eigenvalue weighted by Gasteiger charge is 2.06. The minimum Gasteiger partial charge on any atom is -0.468 e. The third kappa shape index (κ3) is 4.53. The highest BCUT2D eigenvalue weighted by atomic mass is 16.3. The normalized spacial score (nSPS) is 12.8. The van der Waals surface area contributed by atoms with Crippen molar-refractivity contribution in [3.63, 3.8) is 0 Å². The SMILES string of the molecule is CC(C)Cc1ccc(C(C)CNCc2ccco2)cc1. The van der Waals surface area contributed by atoms with Crippen LogP contribution < -0.4 is 5.32 Å². The van der Waals surface area contributed by atoms with Gasteiger partial charge in [-0.1, -0.05) is 45.0 Å². The van der Waals surface area contributed by atoms with E-state index in [0.29, 0.717) is 11.8 Å². The van der Waals surface area contributed by atoms with Gasteiger partial charge in [-0.15, -0.1) is 0 Å². The summed E-state index contributed by atoms with van der Waals surface area (Å²) in [5.74, 6) is 2.22. The summed E-state index contributed by atoms with van der Waals surface area (Å²) in [6.45, 7) is 8.53. The van der Waals surface area contributed by atoms with Gasteiger partial charge in [0.2, 0.25) is 0 Å². The quantitative estimate of drug-likeness (QED) is 0.809. The highest BCUT2D eigenvalue weighted by Crippen LogP contribution is 2.17. The van der Waals surface area contributed by atoms with Crippen molar-refractivity contribution < 1.29 is 4.42 Å². The molecule has 0 aliphatic heterocycles. The van der Waals surface area contributed by atoms with Crippen molar-refractivity contribution in [3.05, 3.63) is 59.5 Å². The molecule has 0 bridgehead atoms. The van der Waals surface area contributed by atoms with Gasteiger partial charge < -0.3 is 9.73 Å². The zero-order valence-corrected chi connectivity index (χ0v) is 12.7. The maximum Gasteiger partial charge on any atom is 0.117 e. The number of furan rings is 1. The Morgan fingerprint density at radius 3 is 2.40 bits per heavy atom. The Labute approximate surface area is 122 Å². The predicted molar refractivity (Wildman–Crippen MR) is 83.8 cm³/mol. The number of hydrogen-bond acceptors (Lipinski definition) is 2. The van der Waals surface area contributed by atoms with Gasteiger partial charge in [0.25, 0.3) is 0 Å². The van der Waals surface area contributed by atoms with Gasteiger partial charge in [0.1, 0.15) is 5.76 Å². The Bertz CT molecular complexity index is 485. The summed E-state index contributed by atoms with van der Waals surface area (Å²) in [6, 6.07) is 13.0. The predicted octanol–water partition coefficient (Wildman–Crippen LogP) is 4.37. The molecule has 0 aliphatic rings. The molecule has 0 amide bonds. The van der Waals surface area contributed by atoms with Crippen LogP contribution >= 0.6 is 0 Å². The van der Waals surface area contributed by atoms with Gasteiger partial charge in [-0.25, -0.2) is 0 Å². The van der Waals surface area contributed by atoms with Gasteiger partial charge >= 0.3 is 0 Å². The van der Waals surface area contributed by atoms with Gasteiger partial charge in [0.05, 0.1) is 12.8 Å². The Hall–Kier alpha value is -1.54. The third-order valence-corrected chi connectivity index (χ3v) is 3.52. The van der Waals surface area contributed by atoms with Crippen LogP contribution in [0.4, 0.5) is 0 Å². The van der Waals surface area contributed by atoms with E-state index < -0.39 is 0 Å². The largest absolute Gasteiger partial charge is 0.468 e. The summed E-state index contributed by atoms with van der Waals surface area (Å²) in [4.78, 5) is 0. The lowest BCUT2D eigenvalue weighted by molar-refractivity contribution is 0.476. The fourth-order valence-corrected chi connectivity index (χ4v) is 2.40. The third-order valence-electron chi connectivity index (χ3n) is 3.52. The van der Waals surface area contributed by atoms with Gasteiger partial charge in [0, 0.05) is 6.54 Å². The van der Waals surface area contributed by atoms with Crippen LogP contribution in [0.2, 0.25) is 0 Å². The summed E-state index contributed by atoms with van der Waals surface area (Å²) in [7, 11) is 0. The first-order valence-corrected chi connectivity index (χ1v) is 7.47. The highest BCUT2D eigenvalue weighted by molar-refractivity contribution is 5.25. The second-order valence-electron chi connectivity index (χ2n) is 5.95. The molecule has 0 spiro atoms. The summed E-state index contributed by atoms with van der Waals surface area (Å²) >= 11 is 0. The summed E-state index contributed by atoms with van der Waals surface area (Å²) < 4.78 is 5.31. The van der Waals surface area contributed by atoms with Crippen LogP contribution in [-0.4, -0.2) is 6.54 Å². The van der Waals surface area contributed by atoms with Gasteiger partial charge in [-0.2, -0.15) is 0 Å². The molecule has 108 valence electrons. The van der Waals surface area contributed by atoms with E-state index in [9.17, 15) is 0 Å². The molecule has 1 atom stereocenters. The van der Waals surface area contributed by atoms with E-state index in [-0.39, 0.29) is 0 Å².